The second-order valence-corrected chi connectivity index (χ2v) is 3.24. The lowest BCUT2D eigenvalue weighted by molar-refractivity contribution is -0.167. The maximum absolute atomic E-state index is 11.8. The molecule has 16 heavy (non-hydrogen) atoms. The van der Waals surface area contributed by atoms with E-state index in [1.54, 1.807) is 12.4 Å². The van der Waals surface area contributed by atoms with E-state index in [9.17, 15) is 4.79 Å². The van der Waals surface area contributed by atoms with E-state index in [-0.39, 0.29) is 5.78 Å². The molecule has 0 bridgehead atoms. The van der Waals surface area contributed by atoms with Gasteiger partial charge in [-0.2, -0.15) is 0 Å². The van der Waals surface area contributed by atoms with Gasteiger partial charge in [0.1, 0.15) is 0 Å². The van der Waals surface area contributed by atoms with Gasteiger partial charge in [0.15, 0.2) is 5.78 Å². The summed E-state index contributed by atoms with van der Waals surface area (Å²) in [5, 5.41) is 0. The predicted molar refractivity (Wildman–Crippen MR) is 60.0 cm³/mol. The van der Waals surface area contributed by atoms with Crippen LogP contribution in [0.1, 0.15) is 19.4 Å². The third-order valence-electron chi connectivity index (χ3n) is 2.03. The van der Waals surface area contributed by atoms with Gasteiger partial charge in [0.05, 0.1) is 0 Å². The maximum atomic E-state index is 11.8. The van der Waals surface area contributed by atoms with Crippen molar-refractivity contribution in [3.8, 4) is 0 Å². The summed E-state index contributed by atoms with van der Waals surface area (Å²) in [4.78, 5) is 15.7. The molecule has 1 heterocycles. The Balaban J connectivity index is 2.55. The molecule has 0 saturated heterocycles. The molecule has 0 N–H and O–H groups in total. The Hall–Kier alpha value is -1.26. The minimum atomic E-state index is -0.747. The second kappa shape index (κ2) is 7.09. The summed E-state index contributed by atoms with van der Waals surface area (Å²) in [7, 11) is 0. The van der Waals surface area contributed by atoms with Crippen LogP contribution < -0.4 is 0 Å². The van der Waals surface area contributed by atoms with Crippen molar-refractivity contribution in [2.24, 2.45) is 0 Å². The molecule has 0 saturated carbocycles. The lowest BCUT2D eigenvalue weighted by Gasteiger charge is -2.15. The first kappa shape index (κ1) is 12.8. The number of carbonyl (C=O) groups excluding carboxylic acids is 1. The van der Waals surface area contributed by atoms with Gasteiger partial charge in [-0.05, 0) is 31.5 Å². The number of ketones is 1. The summed E-state index contributed by atoms with van der Waals surface area (Å²) < 4.78 is 10.5. The van der Waals surface area contributed by atoms with E-state index in [0.29, 0.717) is 19.6 Å². The van der Waals surface area contributed by atoms with E-state index >= 15 is 0 Å². The van der Waals surface area contributed by atoms with Crippen molar-refractivity contribution in [3.05, 3.63) is 30.1 Å². The van der Waals surface area contributed by atoms with Crippen LogP contribution in [0.3, 0.4) is 0 Å². The number of pyridine rings is 1. The molecular formula is C12H17NO3. The average Bonchev–Trinajstić information content (AvgIpc) is 2.30. The van der Waals surface area contributed by atoms with Crippen LogP contribution in [-0.2, 0) is 20.7 Å². The van der Waals surface area contributed by atoms with Crippen LogP contribution in [0.5, 0.6) is 0 Å². The third kappa shape index (κ3) is 4.08. The van der Waals surface area contributed by atoms with Crippen molar-refractivity contribution in [1.82, 2.24) is 4.98 Å². The maximum Gasteiger partial charge on any atom is 0.218 e. The molecule has 0 aliphatic rings. The van der Waals surface area contributed by atoms with Crippen LogP contribution in [0, 0.1) is 0 Å². The minimum Gasteiger partial charge on any atom is -0.346 e. The number of aromatic nitrogens is 1. The highest BCUT2D eigenvalue weighted by Gasteiger charge is 2.18. The topological polar surface area (TPSA) is 48.4 Å². The highest BCUT2D eigenvalue weighted by molar-refractivity contribution is 5.84. The molecule has 88 valence electrons. The van der Waals surface area contributed by atoms with Crippen molar-refractivity contribution in [2.45, 2.75) is 26.6 Å². The molecule has 1 rings (SSSR count). The van der Waals surface area contributed by atoms with E-state index in [2.05, 4.69) is 4.98 Å². The summed E-state index contributed by atoms with van der Waals surface area (Å²) in [5.41, 5.74) is 0.921. The number of ether oxygens (including phenoxy) is 2. The highest BCUT2D eigenvalue weighted by Crippen LogP contribution is 2.04. The normalized spacial score (nSPS) is 10.7. The fraction of sp³-hybridized carbons (Fsp3) is 0.500. The van der Waals surface area contributed by atoms with E-state index in [0.717, 1.165) is 5.56 Å². The van der Waals surface area contributed by atoms with Crippen LogP contribution in [0.4, 0.5) is 0 Å². The Labute approximate surface area is 95.6 Å². The van der Waals surface area contributed by atoms with Gasteiger partial charge in [-0.15, -0.1) is 0 Å². The zero-order valence-corrected chi connectivity index (χ0v) is 9.68. The summed E-state index contributed by atoms with van der Waals surface area (Å²) in [6.07, 6.45) is 2.90. The van der Waals surface area contributed by atoms with Crippen molar-refractivity contribution < 1.29 is 14.3 Å². The molecule has 0 spiro atoms. The number of hydrogen-bond acceptors (Lipinski definition) is 4. The van der Waals surface area contributed by atoms with Crippen LogP contribution in [0.15, 0.2) is 24.5 Å². The van der Waals surface area contributed by atoms with Crippen molar-refractivity contribution in [2.75, 3.05) is 13.2 Å². The first-order valence-corrected chi connectivity index (χ1v) is 5.42. The molecule has 0 radical (unpaired) electrons. The molecule has 1 aromatic heterocycles. The zero-order valence-electron chi connectivity index (χ0n) is 9.68. The van der Waals surface area contributed by atoms with Gasteiger partial charge in [0, 0.05) is 32.0 Å². The van der Waals surface area contributed by atoms with Gasteiger partial charge in [-0.3, -0.25) is 9.78 Å². The summed E-state index contributed by atoms with van der Waals surface area (Å²) in [6.45, 7) is 4.61. The van der Waals surface area contributed by atoms with Crippen molar-refractivity contribution in [3.63, 3.8) is 0 Å². The average molecular weight is 223 g/mol. The Kier molecular flexibility index (Phi) is 5.67. The number of carbonyl (C=O) groups is 1. The minimum absolute atomic E-state index is 0.0603. The Morgan fingerprint density at radius 1 is 1.25 bits per heavy atom. The Morgan fingerprint density at radius 3 is 2.31 bits per heavy atom. The number of rotatable bonds is 7. The lowest BCUT2D eigenvalue weighted by atomic mass is 10.1. The van der Waals surface area contributed by atoms with Crippen LogP contribution >= 0.6 is 0 Å². The van der Waals surface area contributed by atoms with Crippen LogP contribution in [-0.4, -0.2) is 30.3 Å². The summed E-state index contributed by atoms with van der Waals surface area (Å²) in [5.74, 6) is -0.0603. The second-order valence-electron chi connectivity index (χ2n) is 3.24. The Morgan fingerprint density at radius 2 is 1.81 bits per heavy atom. The molecule has 4 heteroatoms. The van der Waals surface area contributed by atoms with Crippen molar-refractivity contribution in [1.29, 1.82) is 0 Å². The van der Waals surface area contributed by atoms with Gasteiger partial charge >= 0.3 is 0 Å². The van der Waals surface area contributed by atoms with Crippen LogP contribution in [0.2, 0.25) is 0 Å². The van der Waals surface area contributed by atoms with Gasteiger partial charge < -0.3 is 9.47 Å². The fourth-order valence-electron chi connectivity index (χ4n) is 1.32. The molecule has 0 aromatic carbocycles. The van der Waals surface area contributed by atoms with Crippen molar-refractivity contribution >= 4 is 5.78 Å². The molecule has 1 aromatic rings. The SMILES string of the molecule is CCOC(OCC)C(=O)Cc1ccncc1. The highest BCUT2D eigenvalue weighted by atomic mass is 16.7. The Bertz CT molecular complexity index is 307. The number of Topliss-reactive ketones (excluding diaryl/α,β-unsaturated/α-hetero) is 1. The fourth-order valence-corrected chi connectivity index (χ4v) is 1.32. The third-order valence-corrected chi connectivity index (χ3v) is 2.03. The van der Waals surface area contributed by atoms with E-state index in [1.165, 1.54) is 0 Å². The predicted octanol–water partition coefficient (Wildman–Crippen LogP) is 1.59. The molecule has 0 amide bonds. The van der Waals surface area contributed by atoms with Gasteiger partial charge in [-0.25, -0.2) is 0 Å². The summed E-state index contributed by atoms with van der Waals surface area (Å²) >= 11 is 0. The standard InChI is InChI=1S/C12H17NO3/c1-3-15-12(16-4-2)11(14)9-10-5-7-13-8-6-10/h5-8,12H,3-4,9H2,1-2H3. The summed E-state index contributed by atoms with van der Waals surface area (Å²) in [6, 6.07) is 3.62. The van der Waals surface area contributed by atoms with E-state index in [1.807, 2.05) is 26.0 Å². The quantitative estimate of drug-likeness (QED) is 0.659. The number of hydrogen-bond donors (Lipinski definition) is 0. The first-order chi connectivity index (χ1) is 7.77. The molecule has 0 unspecified atom stereocenters. The molecule has 0 aliphatic carbocycles. The zero-order chi connectivity index (χ0) is 11.8. The first-order valence-electron chi connectivity index (χ1n) is 5.42. The van der Waals surface area contributed by atoms with Crippen LogP contribution in [0.25, 0.3) is 0 Å². The largest absolute Gasteiger partial charge is 0.346 e. The molecule has 0 fully saturated rings. The molecule has 0 aliphatic heterocycles. The molecule has 0 atom stereocenters. The van der Waals surface area contributed by atoms with Gasteiger partial charge in [0.2, 0.25) is 6.29 Å². The van der Waals surface area contributed by atoms with Gasteiger partial charge in [-0.1, -0.05) is 0 Å². The molecule has 4 nitrogen and oxygen atoms in total. The van der Waals surface area contributed by atoms with E-state index < -0.39 is 6.29 Å². The lowest BCUT2D eigenvalue weighted by Crippen LogP contribution is -2.29. The monoisotopic (exact) mass is 223 g/mol. The van der Waals surface area contributed by atoms with Gasteiger partial charge in [0.25, 0.3) is 0 Å². The smallest absolute Gasteiger partial charge is 0.218 e. The number of nitrogens with zero attached hydrogens (tertiary/aromatic N) is 1. The van der Waals surface area contributed by atoms with E-state index in [4.69, 9.17) is 9.47 Å². The molecular weight excluding hydrogens is 206 g/mol.